The first-order valence-corrected chi connectivity index (χ1v) is 18.1. The molecule has 0 aliphatic carbocycles. The molecule has 0 unspecified atom stereocenters. The Kier molecular flexibility index (Phi) is 11.7. The Morgan fingerprint density at radius 2 is 1.04 bits per heavy atom. The maximum atomic E-state index is 6.07. The van der Waals surface area contributed by atoms with Crippen LogP contribution >= 0.6 is 23.2 Å². The first-order chi connectivity index (χ1) is 27.2. The van der Waals surface area contributed by atoms with E-state index in [4.69, 9.17) is 54.0 Å². The third-order valence-corrected chi connectivity index (χ3v) is 9.01. The third kappa shape index (κ3) is 9.78. The first-order valence-electron chi connectivity index (χ1n) is 17.4. The second-order valence-electron chi connectivity index (χ2n) is 12.8. The maximum absolute atomic E-state index is 6.07. The Morgan fingerprint density at radius 3 is 1.46 bits per heavy atom. The highest BCUT2D eigenvalue weighted by molar-refractivity contribution is 6.29. The van der Waals surface area contributed by atoms with Gasteiger partial charge in [-0.25, -0.2) is 19.3 Å². The number of methoxy groups -OCH3 is 1. The van der Waals surface area contributed by atoms with E-state index in [0.29, 0.717) is 77.4 Å². The van der Waals surface area contributed by atoms with Crippen molar-refractivity contribution in [1.82, 2.24) is 40.0 Å². The van der Waals surface area contributed by atoms with E-state index in [-0.39, 0.29) is 0 Å². The summed E-state index contributed by atoms with van der Waals surface area (Å²) in [6.07, 6.45) is 5.10. The number of nitrogens with two attached hydrogens (primary N) is 3. The highest BCUT2D eigenvalue weighted by Gasteiger charge is 2.12. The van der Waals surface area contributed by atoms with Gasteiger partial charge in [-0.3, -0.25) is 0 Å². The third-order valence-electron chi connectivity index (χ3n) is 8.60. The average Bonchev–Trinajstić information content (AvgIpc) is 4.01. The van der Waals surface area contributed by atoms with E-state index >= 15 is 0 Å². The predicted molar refractivity (Wildman–Crippen MR) is 215 cm³/mol. The monoisotopic (exact) mass is 789 g/mol. The van der Waals surface area contributed by atoms with Crippen molar-refractivity contribution in [2.45, 2.75) is 32.5 Å². The lowest BCUT2D eigenvalue weighted by Gasteiger charge is -2.05. The number of nitrogen functional groups attached to an aromatic ring is 3. The van der Waals surface area contributed by atoms with Gasteiger partial charge in [-0.1, -0.05) is 59.0 Å². The lowest BCUT2D eigenvalue weighted by molar-refractivity contribution is 0.181. The molecule has 6 heterocycles. The van der Waals surface area contributed by atoms with Gasteiger partial charge >= 0.3 is 0 Å². The van der Waals surface area contributed by atoms with Gasteiger partial charge in [-0.15, -0.1) is 10.2 Å². The molecule has 0 saturated heterocycles. The quantitative estimate of drug-likeness (QED) is 0.111. The number of halogens is 2. The largest absolute Gasteiger partial charge is 0.449 e. The van der Waals surface area contributed by atoms with Gasteiger partial charge in [-0.2, -0.15) is 0 Å². The Bertz CT molecular complexity index is 2530. The smallest absolute Gasteiger partial charge is 0.193 e. The van der Waals surface area contributed by atoms with E-state index in [2.05, 4.69) is 79.1 Å². The Hall–Kier alpha value is -6.48. The van der Waals surface area contributed by atoms with E-state index in [1.165, 1.54) is 0 Å². The number of aromatic nitrogens is 8. The second kappa shape index (κ2) is 17.3. The summed E-state index contributed by atoms with van der Waals surface area (Å²) in [5.74, 6) is 2.80. The molecule has 0 aliphatic heterocycles. The average molecular weight is 791 g/mol. The molecule has 0 aliphatic rings. The topological polar surface area (TPSA) is 201 Å². The lowest BCUT2D eigenvalue weighted by atomic mass is 10.1. The van der Waals surface area contributed by atoms with E-state index in [9.17, 15) is 0 Å². The molecule has 8 rings (SSSR count). The minimum atomic E-state index is 0.337. The second-order valence-corrected chi connectivity index (χ2v) is 13.6. The lowest BCUT2D eigenvalue weighted by Crippen LogP contribution is -2.00. The molecule has 56 heavy (non-hydrogen) atoms. The molecule has 14 nitrogen and oxygen atoms in total. The number of hydrogen-bond acceptors (Lipinski definition) is 12. The van der Waals surface area contributed by atoms with Crippen LogP contribution in [0.25, 0.3) is 22.5 Å². The van der Waals surface area contributed by atoms with Gasteiger partial charge in [0.1, 0.15) is 40.4 Å². The normalized spacial score (nSPS) is 11.1. The minimum Gasteiger partial charge on any atom is -0.449 e. The highest BCUT2D eigenvalue weighted by atomic mass is 35.5. The molecule has 6 N–H and O–H groups in total. The zero-order chi connectivity index (χ0) is 39.0. The number of rotatable bonds is 12. The molecule has 8 aromatic rings. The number of nitrogens with zero attached hydrogens (tertiary/aromatic N) is 8. The Labute approximate surface area is 331 Å². The van der Waals surface area contributed by atoms with Gasteiger partial charge in [-0.05, 0) is 94.0 Å². The van der Waals surface area contributed by atoms with Crippen LogP contribution in [0.1, 0.15) is 39.5 Å². The molecular weight excluding hydrogens is 753 g/mol. The van der Waals surface area contributed by atoms with Crippen LogP contribution in [0.4, 0.5) is 17.5 Å². The van der Waals surface area contributed by atoms with Crippen LogP contribution in [0.2, 0.25) is 10.4 Å². The highest BCUT2D eigenvalue weighted by Crippen LogP contribution is 2.25. The molecule has 0 amide bonds. The van der Waals surface area contributed by atoms with Crippen molar-refractivity contribution in [1.29, 1.82) is 0 Å². The SMILES string of the molecule is COCc1ccc(-c2cn(Cc3ccc(Cc4ccc(Cl)o4)cc3)nn2)c(N)n1.Nc1ccc(-c2cn(Cc3ccc(Cc4ccc(Cl)o4)cc3)nn2)c(N)n1. The van der Waals surface area contributed by atoms with Crippen molar-refractivity contribution in [3.63, 3.8) is 0 Å². The summed E-state index contributed by atoms with van der Waals surface area (Å²) < 4.78 is 19.4. The van der Waals surface area contributed by atoms with Gasteiger partial charge in [0.2, 0.25) is 0 Å². The standard InChI is InChI=1S/C21H20ClN5O2.C19H17ClN6O/c1-28-13-16-6-8-18(21(23)24-16)19-12-27(26-25-19)11-15-4-2-14(3-5-15)10-17-7-9-20(22)29-17;20-17-7-5-14(27-17)9-12-1-3-13(4-2-12)10-26-11-16(24-25-26)15-6-8-18(21)23-19(15)22/h2-9,12H,10-11,13H2,1H3,(H2,23,24);1-8,11H,9-10H2,(H4,21,22,23). The van der Waals surface area contributed by atoms with Gasteiger partial charge in [0.05, 0.1) is 37.8 Å². The summed E-state index contributed by atoms with van der Waals surface area (Å²) in [6, 6.07) is 31.0. The summed E-state index contributed by atoms with van der Waals surface area (Å²) >= 11 is 11.6. The summed E-state index contributed by atoms with van der Waals surface area (Å²) in [4.78, 5) is 8.39. The molecule has 0 saturated carbocycles. The first kappa shape index (κ1) is 37.8. The molecule has 0 radical (unpaired) electrons. The van der Waals surface area contributed by atoms with Crippen molar-refractivity contribution in [3.05, 3.63) is 159 Å². The van der Waals surface area contributed by atoms with E-state index in [1.807, 2.05) is 36.7 Å². The fourth-order valence-electron chi connectivity index (χ4n) is 5.86. The van der Waals surface area contributed by atoms with Crippen LogP contribution in [0, 0.1) is 0 Å². The summed E-state index contributed by atoms with van der Waals surface area (Å²) in [5.41, 5.74) is 25.7. The molecule has 6 aromatic heterocycles. The molecule has 0 bridgehead atoms. The van der Waals surface area contributed by atoms with E-state index in [0.717, 1.165) is 45.0 Å². The maximum Gasteiger partial charge on any atom is 0.193 e. The van der Waals surface area contributed by atoms with Gasteiger partial charge < -0.3 is 30.8 Å². The van der Waals surface area contributed by atoms with Gasteiger partial charge in [0.25, 0.3) is 0 Å². The summed E-state index contributed by atoms with van der Waals surface area (Å²) in [6.45, 7) is 1.62. The van der Waals surface area contributed by atoms with Crippen molar-refractivity contribution < 1.29 is 13.6 Å². The minimum absolute atomic E-state index is 0.337. The zero-order valence-corrected chi connectivity index (χ0v) is 31.7. The van der Waals surface area contributed by atoms with Crippen molar-refractivity contribution in [3.8, 4) is 22.5 Å². The van der Waals surface area contributed by atoms with Crippen LogP contribution in [-0.2, 0) is 37.3 Å². The van der Waals surface area contributed by atoms with Crippen LogP contribution in [0.15, 0.2) is 118 Å². The summed E-state index contributed by atoms with van der Waals surface area (Å²) in [5, 5.41) is 17.6. The van der Waals surface area contributed by atoms with Crippen molar-refractivity contribution in [2.75, 3.05) is 24.3 Å². The number of furan rings is 2. The van der Waals surface area contributed by atoms with Crippen molar-refractivity contribution in [2.24, 2.45) is 0 Å². The molecule has 0 fully saturated rings. The molecule has 16 heteroatoms. The number of hydrogen-bond donors (Lipinski definition) is 3. The van der Waals surface area contributed by atoms with Crippen LogP contribution in [-0.4, -0.2) is 47.1 Å². The number of pyridine rings is 2. The van der Waals surface area contributed by atoms with Crippen LogP contribution in [0.5, 0.6) is 0 Å². The van der Waals surface area contributed by atoms with E-state index in [1.54, 1.807) is 40.7 Å². The van der Waals surface area contributed by atoms with Crippen LogP contribution in [0.3, 0.4) is 0 Å². The zero-order valence-electron chi connectivity index (χ0n) is 30.2. The summed E-state index contributed by atoms with van der Waals surface area (Å²) in [7, 11) is 1.62. The van der Waals surface area contributed by atoms with Gasteiger partial charge in [0, 0.05) is 31.1 Å². The van der Waals surface area contributed by atoms with Crippen molar-refractivity contribution >= 4 is 40.7 Å². The molecular formula is C40H37Cl2N11O3. The fourth-order valence-corrected chi connectivity index (χ4v) is 6.19. The van der Waals surface area contributed by atoms with Gasteiger partial charge in [0.15, 0.2) is 10.4 Å². The van der Waals surface area contributed by atoms with E-state index < -0.39 is 0 Å². The number of anilines is 3. The molecule has 0 atom stereocenters. The number of ether oxygens (including phenoxy) is 1. The predicted octanol–water partition coefficient (Wildman–Crippen LogP) is 7.34. The fraction of sp³-hybridized carbons (Fsp3) is 0.150. The Balaban J connectivity index is 0.000000172. The molecule has 2 aromatic carbocycles. The van der Waals surface area contributed by atoms with Crippen LogP contribution < -0.4 is 17.2 Å². The Morgan fingerprint density at radius 1 is 0.571 bits per heavy atom. The number of benzene rings is 2. The molecule has 0 spiro atoms. The molecule has 284 valence electrons.